The van der Waals surface area contributed by atoms with Crippen molar-refractivity contribution in [1.29, 1.82) is 0 Å². The van der Waals surface area contributed by atoms with Crippen molar-refractivity contribution in [3.63, 3.8) is 0 Å². The first kappa shape index (κ1) is 15.0. The SMILES string of the molecule is Cc1nc2cc(CC(=O)NCCN3CCOCC3)ccc2o1. The molecule has 1 aromatic heterocycles. The van der Waals surface area contributed by atoms with Crippen LogP contribution in [0, 0.1) is 6.92 Å². The molecule has 0 unspecified atom stereocenters. The van der Waals surface area contributed by atoms with Crippen LogP contribution in [0.15, 0.2) is 22.6 Å². The van der Waals surface area contributed by atoms with E-state index in [0.29, 0.717) is 18.9 Å². The highest BCUT2D eigenvalue weighted by atomic mass is 16.5. The Morgan fingerprint density at radius 1 is 1.36 bits per heavy atom. The first-order valence-electron chi connectivity index (χ1n) is 7.63. The number of aryl methyl sites for hydroxylation is 1. The van der Waals surface area contributed by atoms with Gasteiger partial charge in [0.15, 0.2) is 11.5 Å². The molecule has 0 bridgehead atoms. The topological polar surface area (TPSA) is 67.6 Å². The average molecular weight is 303 g/mol. The molecule has 1 aliphatic heterocycles. The Kier molecular flexibility index (Phi) is 4.70. The largest absolute Gasteiger partial charge is 0.441 e. The van der Waals surface area contributed by atoms with E-state index < -0.39 is 0 Å². The second kappa shape index (κ2) is 6.89. The third kappa shape index (κ3) is 3.84. The lowest BCUT2D eigenvalue weighted by Crippen LogP contribution is -2.41. The number of carbonyl (C=O) groups excluding carboxylic acids is 1. The summed E-state index contributed by atoms with van der Waals surface area (Å²) in [5, 5.41) is 2.97. The fourth-order valence-electron chi connectivity index (χ4n) is 2.62. The van der Waals surface area contributed by atoms with Gasteiger partial charge in [0.05, 0.1) is 19.6 Å². The van der Waals surface area contributed by atoms with Crippen LogP contribution in [0.5, 0.6) is 0 Å². The molecule has 1 N–H and O–H groups in total. The fourth-order valence-corrected chi connectivity index (χ4v) is 2.62. The minimum atomic E-state index is 0.0350. The number of nitrogens with zero attached hydrogens (tertiary/aromatic N) is 2. The number of morpholine rings is 1. The van der Waals surface area contributed by atoms with Crippen LogP contribution in [0.1, 0.15) is 11.5 Å². The summed E-state index contributed by atoms with van der Waals surface area (Å²) in [5.74, 6) is 0.676. The highest BCUT2D eigenvalue weighted by molar-refractivity contribution is 5.81. The van der Waals surface area contributed by atoms with E-state index in [-0.39, 0.29) is 5.91 Å². The third-order valence-electron chi connectivity index (χ3n) is 3.78. The smallest absolute Gasteiger partial charge is 0.224 e. The standard InChI is InChI=1S/C16H21N3O3/c1-12-18-14-10-13(2-3-15(14)22-12)11-16(20)17-4-5-19-6-8-21-9-7-19/h2-3,10H,4-9,11H2,1H3,(H,17,20). The van der Waals surface area contributed by atoms with Gasteiger partial charge in [0.1, 0.15) is 5.52 Å². The van der Waals surface area contributed by atoms with Crippen LogP contribution >= 0.6 is 0 Å². The number of nitrogens with one attached hydrogen (secondary N) is 1. The number of amides is 1. The van der Waals surface area contributed by atoms with Crippen molar-refractivity contribution in [2.24, 2.45) is 0 Å². The Hall–Kier alpha value is -1.92. The Bertz CT molecular complexity index is 647. The van der Waals surface area contributed by atoms with Crippen LogP contribution in [-0.2, 0) is 16.0 Å². The molecule has 0 atom stereocenters. The van der Waals surface area contributed by atoms with Crippen LogP contribution in [0.4, 0.5) is 0 Å². The average Bonchev–Trinajstić information content (AvgIpc) is 2.87. The maximum atomic E-state index is 12.0. The van der Waals surface area contributed by atoms with E-state index in [1.807, 2.05) is 25.1 Å². The molecular weight excluding hydrogens is 282 g/mol. The van der Waals surface area contributed by atoms with Crippen LogP contribution in [0.2, 0.25) is 0 Å². The molecule has 1 amide bonds. The van der Waals surface area contributed by atoms with E-state index in [1.165, 1.54) is 0 Å². The Morgan fingerprint density at radius 3 is 3.00 bits per heavy atom. The van der Waals surface area contributed by atoms with E-state index >= 15 is 0 Å². The van der Waals surface area contributed by atoms with Gasteiger partial charge in [-0.2, -0.15) is 0 Å². The summed E-state index contributed by atoms with van der Waals surface area (Å²) in [5.41, 5.74) is 2.51. The van der Waals surface area contributed by atoms with Gasteiger partial charge in [-0.3, -0.25) is 9.69 Å². The molecule has 6 nitrogen and oxygen atoms in total. The molecule has 2 heterocycles. The van der Waals surface area contributed by atoms with Gasteiger partial charge >= 0.3 is 0 Å². The number of oxazole rings is 1. The first-order valence-corrected chi connectivity index (χ1v) is 7.63. The van der Waals surface area contributed by atoms with Crippen LogP contribution in [0.25, 0.3) is 11.1 Å². The van der Waals surface area contributed by atoms with E-state index in [4.69, 9.17) is 9.15 Å². The molecule has 6 heteroatoms. The highest BCUT2D eigenvalue weighted by Gasteiger charge is 2.11. The minimum absolute atomic E-state index is 0.0350. The van der Waals surface area contributed by atoms with Gasteiger partial charge in [-0.25, -0.2) is 4.98 Å². The molecule has 0 spiro atoms. The van der Waals surface area contributed by atoms with Crippen molar-refractivity contribution >= 4 is 17.0 Å². The molecule has 1 aromatic carbocycles. The zero-order chi connectivity index (χ0) is 15.4. The van der Waals surface area contributed by atoms with Crippen LogP contribution in [-0.4, -0.2) is 55.2 Å². The Morgan fingerprint density at radius 2 is 2.18 bits per heavy atom. The quantitative estimate of drug-likeness (QED) is 0.897. The van der Waals surface area contributed by atoms with Crippen molar-refractivity contribution in [3.05, 3.63) is 29.7 Å². The van der Waals surface area contributed by atoms with Crippen LogP contribution < -0.4 is 5.32 Å². The second-order valence-corrected chi connectivity index (χ2v) is 5.52. The molecule has 0 radical (unpaired) electrons. The van der Waals surface area contributed by atoms with Gasteiger partial charge in [-0.05, 0) is 17.7 Å². The van der Waals surface area contributed by atoms with Gasteiger partial charge in [0, 0.05) is 33.1 Å². The zero-order valence-electron chi connectivity index (χ0n) is 12.8. The number of rotatable bonds is 5. The third-order valence-corrected chi connectivity index (χ3v) is 3.78. The molecule has 3 rings (SSSR count). The molecule has 1 aliphatic rings. The van der Waals surface area contributed by atoms with Crippen molar-refractivity contribution in [3.8, 4) is 0 Å². The number of hydrogen-bond donors (Lipinski definition) is 1. The number of hydrogen-bond acceptors (Lipinski definition) is 5. The number of aromatic nitrogens is 1. The van der Waals surface area contributed by atoms with Crippen molar-refractivity contribution in [2.75, 3.05) is 39.4 Å². The maximum absolute atomic E-state index is 12.0. The fraction of sp³-hybridized carbons (Fsp3) is 0.500. The molecule has 118 valence electrons. The van der Waals surface area contributed by atoms with Crippen molar-refractivity contribution in [2.45, 2.75) is 13.3 Å². The van der Waals surface area contributed by atoms with Crippen molar-refractivity contribution < 1.29 is 13.9 Å². The summed E-state index contributed by atoms with van der Waals surface area (Å²) >= 11 is 0. The minimum Gasteiger partial charge on any atom is -0.441 e. The molecular formula is C16H21N3O3. The monoisotopic (exact) mass is 303 g/mol. The summed E-state index contributed by atoms with van der Waals surface area (Å²) in [6.07, 6.45) is 0.366. The first-order chi connectivity index (χ1) is 10.7. The Balaban J connectivity index is 1.47. The lowest BCUT2D eigenvalue weighted by Gasteiger charge is -2.26. The molecule has 1 fully saturated rings. The summed E-state index contributed by atoms with van der Waals surface area (Å²) in [4.78, 5) is 18.6. The van der Waals surface area contributed by atoms with Gasteiger partial charge < -0.3 is 14.5 Å². The molecule has 22 heavy (non-hydrogen) atoms. The lowest BCUT2D eigenvalue weighted by molar-refractivity contribution is -0.120. The van der Waals surface area contributed by atoms with Crippen LogP contribution in [0.3, 0.4) is 0 Å². The summed E-state index contributed by atoms with van der Waals surface area (Å²) in [7, 11) is 0. The molecule has 1 saturated heterocycles. The molecule has 0 saturated carbocycles. The zero-order valence-corrected chi connectivity index (χ0v) is 12.8. The second-order valence-electron chi connectivity index (χ2n) is 5.52. The predicted octanol–water partition coefficient (Wildman–Crippen LogP) is 1.13. The number of benzene rings is 1. The van der Waals surface area contributed by atoms with E-state index in [2.05, 4.69) is 15.2 Å². The van der Waals surface area contributed by atoms with Gasteiger partial charge in [0.25, 0.3) is 0 Å². The molecule has 0 aliphatic carbocycles. The molecule has 2 aromatic rings. The lowest BCUT2D eigenvalue weighted by atomic mass is 10.1. The predicted molar refractivity (Wildman–Crippen MR) is 82.7 cm³/mol. The van der Waals surface area contributed by atoms with Gasteiger partial charge in [-0.1, -0.05) is 6.07 Å². The van der Waals surface area contributed by atoms with E-state index in [1.54, 1.807) is 0 Å². The van der Waals surface area contributed by atoms with E-state index in [0.717, 1.165) is 49.5 Å². The maximum Gasteiger partial charge on any atom is 0.224 e. The van der Waals surface area contributed by atoms with E-state index in [9.17, 15) is 4.79 Å². The van der Waals surface area contributed by atoms with Gasteiger partial charge in [-0.15, -0.1) is 0 Å². The number of fused-ring (bicyclic) bond motifs is 1. The Labute approximate surface area is 129 Å². The highest BCUT2D eigenvalue weighted by Crippen LogP contribution is 2.17. The van der Waals surface area contributed by atoms with Gasteiger partial charge in [0.2, 0.25) is 5.91 Å². The summed E-state index contributed by atoms with van der Waals surface area (Å²) in [6, 6.07) is 5.69. The summed E-state index contributed by atoms with van der Waals surface area (Å²) < 4.78 is 10.7. The summed E-state index contributed by atoms with van der Waals surface area (Å²) in [6.45, 7) is 6.81. The number of ether oxygens (including phenoxy) is 1. The van der Waals surface area contributed by atoms with Crippen molar-refractivity contribution in [1.82, 2.24) is 15.2 Å². The normalized spacial score (nSPS) is 16.0. The number of carbonyl (C=O) groups is 1.